The van der Waals surface area contributed by atoms with Crippen LogP contribution in [0.4, 0.5) is 0 Å². The van der Waals surface area contributed by atoms with Gasteiger partial charge in [0.1, 0.15) is 5.60 Å². The standard InChI is InChI=1S/C10H12O2.C8H6Cl2O/c1-10(2,12)9(11)8-6-4-3-5-7-8;9-8(10)7(11)6-4-2-1-3-5-6/h3-7,12H,1-2H3;1-5,8H. The SMILES string of the molecule is CC(C)(O)C(=O)c1ccccc1.O=C(c1ccccc1)C(Cl)Cl. The van der Waals surface area contributed by atoms with Gasteiger partial charge in [-0.3, -0.25) is 9.59 Å². The Morgan fingerprint density at radius 3 is 1.61 bits per heavy atom. The fourth-order valence-corrected chi connectivity index (χ4v) is 1.92. The number of ketones is 2. The summed E-state index contributed by atoms with van der Waals surface area (Å²) in [6, 6.07) is 17.5. The molecule has 0 heterocycles. The van der Waals surface area contributed by atoms with Gasteiger partial charge in [-0.15, -0.1) is 0 Å². The predicted octanol–water partition coefficient (Wildman–Crippen LogP) is 4.31. The molecule has 0 amide bonds. The Bertz CT molecular complexity index is 632. The topological polar surface area (TPSA) is 54.4 Å². The molecule has 5 heteroatoms. The summed E-state index contributed by atoms with van der Waals surface area (Å²) < 4.78 is 0. The maximum atomic E-state index is 11.4. The number of benzene rings is 2. The summed E-state index contributed by atoms with van der Waals surface area (Å²) in [7, 11) is 0. The van der Waals surface area contributed by atoms with E-state index in [0.717, 1.165) is 0 Å². The summed E-state index contributed by atoms with van der Waals surface area (Å²) in [6.07, 6.45) is 0. The number of rotatable bonds is 4. The zero-order valence-electron chi connectivity index (χ0n) is 12.9. The first-order valence-electron chi connectivity index (χ1n) is 6.93. The molecule has 0 saturated heterocycles. The zero-order valence-corrected chi connectivity index (χ0v) is 14.4. The van der Waals surface area contributed by atoms with E-state index in [1.807, 2.05) is 12.1 Å². The average Bonchev–Trinajstić information content (AvgIpc) is 2.54. The molecule has 0 unspecified atom stereocenters. The van der Waals surface area contributed by atoms with Crippen LogP contribution in [0.25, 0.3) is 0 Å². The molecule has 3 nitrogen and oxygen atoms in total. The zero-order chi connectivity index (χ0) is 17.5. The molecule has 0 aromatic heterocycles. The summed E-state index contributed by atoms with van der Waals surface area (Å²) in [4.78, 5) is 21.5. The molecule has 1 N–H and O–H groups in total. The van der Waals surface area contributed by atoms with Crippen LogP contribution in [0.1, 0.15) is 34.6 Å². The van der Waals surface area contributed by atoms with E-state index in [1.54, 1.807) is 48.5 Å². The molecule has 0 aliphatic rings. The highest BCUT2D eigenvalue weighted by Gasteiger charge is 2.24. The summed E-state index contributed by atoms with van der Waals surface area (Å²) in [5.74, 6) is -0.503. The van der Waals surface area contributed by atoms with E-state index in [-0.39, 0.29) is 11.6 Å². The molecule has 2 rings (SSSR count). The Morgan fingerprint density at radius 1 is 0.870 bits per heavy atom. The second kappa shape index (κ2) is 8.82. The quantitative estimate of drug-likeness (QED) is 0.658. The molecule has 0 bridgehead atoms. The molecule has 23 heavy (non-hydrogen) atoms. The van der Waals surface area contributed by atoms with E-state index in [1.165, 1.54) is 13.8 Å². The smallest absolute Gasteiger partial charge is 0.195 e. The van der Waals surface area contributed by atoms with Crippen LogP contribution >= 0.6 is 23.2 Å². The van der Waals surface area contributed by atoms with Crippen LogP contribution in [0.2, 0.25) is 0 Å². The van der Waals surface area contributed by atoms with Crippen LogP contribution in [0.15, 0.2) is 60.7 Å². The number of halogens is 2. The van der Waals surface area contributed by atoms with E-state index in [2.05, 4.69) is 0 Å². The molecule has 2 aromatic rings. The van der Waals surface area contributed by atoms with Gasteiger partial charge in [0.2, 0.25) is 0 Å². The van der Waals surface area contributed by atoms with E-state index in [4.69, 9.17) is 23.2 Å². The van der Waals surface area contributed by atoms with Crippen molar-refractivity contribution in [3.63, 3.8) is 0 Å². The maximum absolute atomic E-state index is 11.4. The molecular formula is C18H18Cl2O3. The number of carbonyl (C=O) groups excluding carboxylic acids is 2. The lowest BCUT2D eigenvalue weighted by atomic mass is 9.97. The lowest BCUT2D eigenvalue weighted by molar-refractivity contribution is 0.0488. The Balaban J connectivity index is 0.000000231. The van der Waals surface area contributed by atoms with Crippen molar-refractivity contribution in [3.05, 3.63) is 71.8 Å². The van der Waals surface area contributed by atoms with E-state index in [9.17, 15) is 14.7 Å². The average molecular weight is 353 g/mol. The van der Waals surface area contributed by atoms with Crippen molar-refractivity contribution in [2.45, 2.75) is 24.3 Å². The van der Waals surface area contributed by atoms with Crippen molar-refractivity contribution in [2.75, 3.05) is 0 Å². The van der Waals surface area contributed by atoms with Crippen LogP contribution in [0.3, 0.4) is 0 Å². The van der Waals surface area contributed by atoms with Gasteiger partial charge >= 0.3 is 0 Å². The second-order valence-corrected chi connectivity index (χ2v) is 6.38. The fourth-order valence-electron chi connectivity index (χ4n) is 1.67. The molecule has 0 atom stereocenters. The minimum Gasteiger partial charge on any atom is -0.382 e. The highest BCUT2D eigenvalue weighted by Crippen LogP contribution is 2.12. The summed E-state index contributed by atoms with van der Waals surface area (Å²) in [5.41, 5.74) is -0.186. The monoisotopic (exact) mass is 352 g/mol. The second-order valence-electron chi connectivity index (χ2n) is 5.29. The van der Waals surface area contributed by atoms with Crippen LogP contribution in [0, 0.1) is 0 Å². The number of hydrogen-bond donors (Lipinski definition) is 1. The number of alkyl halides is 2. The third kappa shape index (κ3) is 6.53. The van der Waals surface area contributed by atoms with Crippen molar-refractivity contribution in [1.82, 2.24) is 0 Å². The van der Waals surface area contributed by atoms with Gasteiger partial charge in [-0.05, 0) is 13.8 Å². The van der Waals surface area contributed by atoms with Gasteiger partial charge in [0, 0.05) is 11.1 Å². The third-order valence-corrected chi connectivity index (χ3v) is 3.24. The highest BCUT2D eigenvalue weighted by atomic mass is 35.5. The van der Waals surface area contributed by atoms with Gasteiger partial charge < -0.3 is 5.11 Å². The van der Waals surface area contributed by atoms with Gasteiger partial charge in [-0.1, -0.05) is 83.9 Å². The lowest BCUT2D eigenvalue weighted by Gasteiger charge is -2.14. The van der Waals surface area contributed by atoms with Gasteiger partial charge in [0.25, 0.3) is 0 Å². The first-order chi connectivity index (χ1) is 10.7. The van der Waals surface area contributed by atoms with Crippen molar-refractivity contribution in [2.24, 2.45) is 0 Å². The molecular weight excluding hydrogens is 335 g/mol. The summed E-state index contributed by atoms with van der Waals surface area (Å²) >= 11 is 10.8. The number of aliphatic hydroxyl groups is 1. The first-order valence-corrected chi connectivity index (χ1v) is 7.80. The number of hydrogen-bond acceptors (Lipinski definition) is 3. The lowest BCUT2D eigenvalue weighted by Crippen LogP contribution is -2.30. The van der Waals surface area contributed by atoms with Gasteiger partial charge in [-0.25, -0.2) is 0 Å². The van der Waals surface area contributed by atoms with Crippen molar-refractivity contribution < 1.29 is 14.7 Å². The maximum Gasteiger partial charge on any atom is 0.195 e. The van der Waals surface area contributed by atoms with Crippen molar-refractivity contribution in [1.29, 1.82) is 0 Å². The van der Waals surface area contributed by atoms with Crippen LogP contribution < -0.4 is 0 Å². The van der Waals surface area contributed by atoms with E-state index >= 15 is 0 Å². The van der Waals surface area contributed by atoms with Gasteiger partial charge in [-0.2, -0.15) is 0 Å². The molecule has 0 spiro atoms. The molecule has 0 aliphatic heterocycles. The largest absolute Gasteiger partial charge is 0.382 e. The number of carbonyl (C=O) groups is 2. The minimum atomic E-state index is -1.28. The molecule has 0 saturated carbocycles. The van der Waals surface area contributed by atoms with Crippen LogP contribution in [-0.4, -0.2) is 27.1 Å². The molecule has 0 radical (unpaired) electrons. The Hall–Kier alpha value is -1.68. The van der Waals surface area contributed by atoms with Crippen molar-refractivity contribution in [3.8, 4) is 0 Å². The van der Waals surface area contributed by atoms with Crippen molar-refractivity contribution >= 4 is 34.8 Å². The van der Waals surface area contributed by atoms with E-state index < -0.39 is 10.4 Å². The molecule has 2 aromatic carbocycles. The predicted molar refractivity (Wildman–Crippen MR) is 93.3 cm³/mol. The Kier molecular flexibility index (Phi) is 7.43. The first kappa shape index (κ1) is 19.4. The van der Waals surface area contributed by atoms with Crippen LogP contribution in [-0.2, 0) is 0 Å². The van der Waals surface area contributed by atoms with Crippen LogP contribution in [0.5, 0.6) is 0 Å². The third-order valence-electron chi connectivity index (χ3n) is 2.85. The normalized spacial score (nSPS) is 10.7. The van der Waals surface area contributed by atoms with Gasteiger partial charge in [0.15, 0.2) is 16.4 Å². The minimum absolute atomic E-state index is 0.247. The summed E-state index contributed by atoms with van der Waals surface area (Å²) in [5, 5.41) is 9.39. The highest BCUT2D eigenvalue weighted by molar-refractivity contribution is 6.55. The fraction of sp³-hybridized carbons (Fsp3) is 0.222. The molecule has 122 valence electrons. The number of Topliss-reactive ketones (excluding diaryl/α,β-unsaturated/α-hetero) is 2. The Morgan fingerprint density at radius 2 is 1.26 bits per heavy atom. The van der Waals surface area contributed by atoms with Gasteiger partial charge in [0.05, 0.1) is 0 Å². The molecule has 0 aliphatic carbocycles. The Labute approximate surface area is 145 Å². The molecule has 0 fully saturated rings. The summed E-state index contributed by atoms with van der Waals surface area (Å²) in [6.45, 7) is 2.98. The van der Waals surface area contributed by atoms with E-state index in [0.29, 0.717) is 11.1 Å².